The van der Waals surface area contributed by atoms with Crippen LogP contribution in [0.4, 0.5) is 5.95 Å². The maximum atomic E-state index is 5.78. The van der Waals surface area contributed by atoms with E-state index in [4.69, 9.17) is 5.73 Å². The van der Waals surface area contributed by atoms with Crippen LogP contribution in [0.1, 0.15) is 25.6 Å². The molecule has 4 nitrogen and oxygen atoms in total. The number of hydrogen-bond acceptors (Lipinski definition) is 4. The smallest absolute Gasteiger partial charge is 0.223 e. The lowest BCUT2D eigenvalue weighted by molar-refractivity contribution is 0.767. The van der Waals surface area contributed by atoms with Crippen LogP contribution in [0.15, 0.2) is 42.5 Å². The molecule has 100 valence electrons. The molecule has 0 aliphatic heterocycles. The third kappa shape index (κ3) is 2.32. The molecule has 0 bridgehead atoms. The Bertz CT molecular complexity index is 765. The maximum Gasteiger partial charge on any atom is 0.223 e. The highest BCUT2D eigenvalue weighted by molar-refractivity contribution is 5.86. The van der Waals surface area contributed by atoms with Crippen LogP contribution >= 0.6 is 0 Å². The van der Waals surface area contributed by atoms with Crippen molar-refractivity contribution < 1.29 is 0 Å². The highest BCUT2D eigenvalue weighted by Gasteiger charge is 2.10. The minimum absolute atomic E-state index is 0.222. The number of nitrogens with zero attached hydrogens (tertiary/aromatic N) is 3. The van der Waals surface area contributed by atoms with E-state index >= 15 is 0 Å². The molecule has 3 rings (SSSR count). The van der Waals surface area contributed by atoms with Crippen LogP contribution in [0, 0.1) is 0 Å². The van der Waals surface area contributed by atoms with Gasteiger partial charge in [-0.2, -0.15) is 9.97 Å². The second-order valence-electron chi connectivity index (χ2n) is 5.09. The molecule has 0 unspecified atom stereocenters. The molecule has 0 radical (unpaired) electrons. The lowest BCUT2D eigenvalue weighted by Crippen LogP contribution is -2.06. The Morgan fingerprint density at radius 3 is 2.40 bits per heavy atom. The average Bonchev–Trinajstić information content (AvgIpc) is 2.46. The summed E-state index contributed by atoms with van der Waals surface area (Å²) in [4.78, 5) is 12.9. The molecule has 20 heavy (non-hydrogen) atoms. The SMILES string of the molecule is CC(C)c1nc(N)nc(-c2ccc3ccccc3c2)n1. The standard InChI is InChI=1S/C16H16N4/c1-10(2)14-18-15(20-16(17)19-14)13-8-7-11-5-3-4-6-12(11)9-13/h3-10H,1-2H3,(H2,17,18,19,20). The molecule has 0 aliphatic carbocycles. The molecule has 1 heterocycles. The number of aromatic nitrogens is 3. The molecule has 0 atom stereocenters. The van der Waals surface area contributed by atoms with Gasteiger partial charge in [-0.1, -0.05) is 50.2 Å². The van der Waals surface area contributed by atoms with E-state index < -0.39 is 0 Å². The van der Waals surface area contributed by atoms with E-state index in [1.807, 2.05) is 32.0 Å². The Morgan fingerprint density at radius 2 is 1.65 bits per heavy atom. The molecule has 0 saturated carbocycles. The van der Waals surface area contributed by atoms with E-state index in [9.17, 15) is 0 Å². The van der Waals surface area contributed by atoms with Gasteiger partial charge in [0.1, 0.15) is 5.82 Å². The number of anilines is 1. The van der Waals surface area contributed by atoms with Gasteiger partial charge >= 0.3 is 0 Å². The Morgan fingerprint density at radius 1 is 0.900 bits per heavy atom. The zero-order valence-corrected chi connectivity index (χ0v) is 11.5. The first-order valence-corrected chi connectivity index (χ1v) is 6.64. The van der Waals surface area contributed by atoms with E-state index in [1.165, 1.54) is 5.39 Å². The van der Waals surface area contributed by atoms with Gasteiger partial charge in [0.05, 0.1) is 0 Å². The zero-order valence-electron chi connectivity index (χ0n) is 11.5. The second kappa shape index (κ2) is 4.89. The summed E-state index contributed by atoms with van der Waals surface area (Å²) in [5.74, 6) is 1.85. The molecule has 0 aliphatic rings. The molecule has 0 amide bonds. The monoisotopic (exact) mass is 264 g/mol. The van der Waals surface area contributed by atoms with Gasteiger partial charge in [-0.05, 0) is 16.8 Å². The largest absolute Gasteiger partial charge is 0.368 e. The minimum atomic E-state index is 0.222. The van der Waals surface area contributed by atoms with Gasteiger partial charge in [0.25, 0.3) is 0 Å². The molecule has 0 spiro atoms. The average molecular weight is 264 g/mol. The second-order valence-corrected chi connectivity index (χ2v) is 5.09. The van der Waals surface area contributed by atoms with E-state index in [2.05, 4.69) is 39.2 Å². The fraction of sp³-hybridized carbons (Fsp3) is 0.188. The zero-order chi connectivity index (χ0) is 14.1. The molecular weight excluding hydrogens is 248 g/mol. The first-order valence-electron chi connectivity index (χ1n) is 6.64. The summed E-state index contributed by atoms with van der Waals surface area (Å²) in [6.45, 7) is 4.08. The van der Waals surface area contributed by atoms with Crippen molar-refractivity contribution >= 4 is 16.7 Å². The van der Waals surface area contributed by atoms with Crippen LogP contribution in [0.5, 0.6) is 0 Å². The highest BCUT2D eigenvalue weighted by atomic mass is 15.1. The first kappa shape index (κ1) is 12.5. The fourth-order valence-corrected chi connectivity index (χ4v) is 2.13. The van der Waals surface area contributed by atoms with Gasteiger partial charge in [-0.15, -0.1) is 0 Å². The van der Waals surface area contributed by atoms with Gasteiger partial charge in [0.2, 0.25) is 5.95 Å². The van der Waals surface area contributed by atoms with Gasteiger partial charge in [-0.3, -0.25) is 0 Å². The van der Waals surface area contributed by atoms with Crippen LogP contribution in [-0.2, 0) is 0 Å². The number of nitrogens with two attached hydrogens (primary N) is 1. The fourth-order valence-electron chi connectivity index (χ4n) is 2.13. The maximum absolute atomic E-state index is 5.78. The van der Waals surface area contributed by atoms with Crippen molar-refractivity contribution in [2.45, 2.75) is 19.8 Å². The molecule has 1 aromatic heterocycles. The molecular formula is C16H16N4. The van der Waals surface area contributed by atoms with E-state index in [-0.39, 0.29) is 11.9 Å². The van der Waals surface area contributed by atoms with E-state index in [1.54, 1.807) is 0 Å². The topological polar surface area (TPSA) is 64.7 Å². The number of fused-ring (bicyclic) bond motifs is 1. The molecule has 0 fully saturated rings. The van der Waals surface area contributed by atoms with Crippen LogP contribution in [0.25, 0.3) is 22.2 Å². The van der Waals surface area contributed by atoms with Gasteiger partial charge in [-0.25, -0.2) is 4.98 Å². The van der Waals surface area contributed by atoms with E-state index in [0.29, 0.717) is 5.82 Å². The summed E-state index contributed by atoms with van der Waals surface area (Å²) in [7, 11) is 0. The molecule has 0 saturated heterocycles. The number of nitrogen functional groups attached to an aromatic ring is 1. The third-order valence-corrected chi connectivity index (χ3v) is 3.19. The summed E-state index contributed by atoms with van der Waals surface area (Å²) in [5, 5.41) is 2.36. The van der Waals surface area contributed by atoms with Gasteiger partial charge in [0, 0.05) is 11.5 Å². The summed E-state index contributed by atoms with van der Waals surface area (Å²) in [6.07, 6.45) is 0. The van der Waals surface area contributed by atoms with Crippen molar-refractivity contribution in [1.82, 2.24) is 15.0 Å². The summed E-state index contributed by atoms with van der Waals surface area (Å²) < 4.78 is 0. The van der Waals surface area contributed by atoms with Crippen LogP contribution in [0.2, 0.25) is 0 Å². The van der Waals surface area contributed by atoms with Crippen molar-refractivity contribution in [2.75, 3.05) is 5.73 Å². The molecule has 4 heteroatoms. The van der Waals surface area contributed by atoms with E-state index in [0.717, 1.165) is 16.8 Å². The molecule has 2 aromatic carbocycles. The van der Waals surface area contributed by atoms with Gasteiger partial charge < -0.3 is 5.73 Å². The van der Waals surface area contributed by atoms with Crippen LogP contribution < -0.4 is 5.73 Å². The summed E-state index contributed by atoms with van der Waals surface area (Å²) in [6, 6.07) is 14.4. The lowest BCUT2D eigenvalue weighted by Gasteiger charge is -2.08. The Labute approximate surface area is 117 Å². The first-order chi connectivity index (χ1) is 9.63. The summed E-state index contributed by atoms with van der Waals surface area (Å²) in [5.41, 5.74) is 6.74. The number of rotatable bonds is 2. The Hall–Kier alpha value is -2.49. The van der Waals surface area contributed by atoms with Crippen molar-refractivity contribution in [3.05, 3.63) is 48.3 Å². The van der Waals surface area contributed by atoms with Crippen molar-refractivity contribution in [1.29, 1.82) is 0 Å². The quantitative estimate of drug-likeness (QED) is 0.770. The minimum Gasteiger partial charge on any atom is -0.368 e. The van der Waals surface area contributed by atoms with Crippen LogP contribution in [0.3, 0.4) is 0 Å². The normalized spacial score (nSPS) is 11.2. The Kier molecular flexibility index (Phi) is 3.06. The molecule has 2 N–H and O–H groups in total. The number of benzene rings is 2. The highest BCUT2D eigenvalue weighted by Crippen LogP contribution is 2.23. The van der Waals surface area contributed by atoms with Gasteiger partial charge in [0.15, 0.2) is 5.82 Å². The summed E-state index contributed by atoms with van der Waals surface area (Å²) >= 11 is 0. The van der Waals surface area contributed by atoms with Crippen molar-refractivity contribution in [2.24, 2.45) is 0 Å². The number of hydrogen-bond donors (Lipinski definition) is 1. The van der Waals surface area contributed by atoms with Crippen LogP contribution in [-0.4, -0.2) is 15.0 Å². The molecule has 3 aromatic rings. The third-order valence-electron chi connectivity index (χ3n) is 3.19. The van der Waals surface area contributed by atoms with Crippen molar-refractivity contribution in [3.8, 4) is 11.4 Å². The van der Waals surface area contributed by atoms with Crippen molar-refractivity contribution in [3.63, 3.8) is 0 Å². The predicted octanol–water partition coefficient (Wildman–Crippen LogP) is 3.40. The lowest BCUT2D eigenvalue weighted by atomic mass is 10.1. The Balaban J connectivity index is 2.15. The predicted molar refractivity (Wildman–Crippen MR) is 81.3 cm³/mol.